The van der Waals surface area contributed by atoms with Gasteiger partial charge in [-0.1, -0.05) is 36.4 Å². The molecule has 0 saturated carbocycles. The first-order valence-electron chi connectivity index (χ1n) is 9.74. The number of aromatic nitrogens is 4. The zero-order valence-electron chi connectivity index (χ0n) is 17.2. The number of tetrazole rings is 1. The summed E-state index contributed by atoms with van der Waals surface area (Å²) < 4.78 is 24.7. The second-order valence-corrected chi connectivity index (χ2v) is 10.4. The number of likely N-dealkylation sites (tertiary alicyclic amines) is 1. The Morgan fingerprint density at radius 3 is 2.43 bits per heavy atom. The number of rotatable bonds is 6. The van der Waals surface area contributed by atoms with Crippen LogP contribution in [0.1, 0.15) is 19.4 Å². The molecule has 0 spiro atoms. The smallest absolute Gasteiger partial charge is 0.181 e. The Balaban J connectivity index is 1.61. The number of aliphatic hydroxyl groups is 1. The summed E-state index contributed by atoms with van der Waals surface area (Å²) in [5.41, 5.74) is 2.61. The minimum Gasteiger partial charge on any atom is -0.390 e. The topological polar surface area (TPSA) is 112 Å². The minimum atomic E-state index is -3.47. The first-order chi connectivity index (χ1) is 14.1. The summed E-state index contributed by atoms with van der Waals surface area (Å²) in [5.74, 6) is 0.613. The average Bonchev–Trinajstić information content (AvgIpc) is 3.17. The molecule has 0 atom stereocenters. The minimum absolute atomic E-state index is 0.181. The first kappa shape index (κ1) is 20.6. The van der Waals surface area contributed by atoms with E-state index in [2.05, 4.69) is 25.5 Å². The quantitative estimate of drug-likeness (QED) is 0.620. The van der Waals surface area contributed by atoms with Gasteiger partial charge in [-0.25, -0.2) is 13.5 Å². The second kappa shape index (κ2) is 7.57. The Morgan fingerprint density at radius 2 is 1.87 bits per heavy atom. The molecule has 0 amide bonds. The number of H-pyrrole nitrogens is 1. The Hall–Kier alpha value is -2.62. The Morgan fingerprint density at radius 1 is 1.17 bits per heavy atom. The molecule has 2 aromatic carbocycles. The molecule has 1 fully saturated rings. The summed E-state index contributed by atoms with van der Waals surface area (Å²) in [6.07, 6.45) is 1.18. The summed E-state index contributed by atoms with van der Waals surface area (Å²) >= 11 is 0. The lowest BCUT2D eigenvalue weighted by Crippen LogP contribution is -2.55. The molecule has 30 heavy (non-hydrogen) atoms. The number of nitrogens with one attached hydrogen (secondary N) is 1. The monoisotopic (exact) mass is 427 g/mol. The van der Waals surface area contributed by atoms with Gasteiger partial charge in [0.1, 0.15) is 0 Å². The number of benzene rings is 2. The number of sulfone groups is 1. The van der Waals surface area contributed by atoms with Gasteiger partial charge < -0.3 is 5.11 Å². The van der Waals surface area contributed by atoms with E-state index in [0.29, 0.717) is 17.3 Å². The number of hydrogen-bond acceptors (Lipinski definition) is 7. The first-order valence-corrected chi connectivity index (χ1v) is 11.6. The van der Waals surface area contributed by atoms with Crippen molar-refractivity contribution < 1.29 is 13.5 Å². The van der Waals surface area contributed by atoms with Crippen LogP contribution in [0.2, 0.25) is 0 Å². The van der Waals surface area contributed by atoms with Crippen molar-refractivity contribution in [3.63, 3.8) is 0 Å². The van der Waals surface area contributed by atoms with Gasteiger partial charge in [-0.2, -0.15) is 0 Å². The van der Waals surface area contributed by atoms with Crippen LogP contribution in [0.25, 0.3) is 22.5 Å². The highest BCUT2D eigenvalue weighted by molar-refractivity contribution is 7.90. The summed E-state index contributed by atoms with van der Waals surface area (Å²) in [4.78, 5) is 2.48. The van der Waals surface area contributed by atoms with Crippen molar-refractivity contribution in [2.45, 2.75) is 30.9 Å². The van der Waals surface area contributed by atoms with E-state index in [1.807, 2.05) is 44.2 Å². The van der Waals surface area contributed by atoms with Crippen LogP contribution in [0.3, 0.4) is 0 Å². The standard InChI is InChI=1S/C21H25N5O3S/c1-21(2,27)16-12-26(13-16)11-14-7-9-15(10-8-14)17-5-4-6-18(30(3,28)29)19(17)20-22-24-25-23-20/h4-10,16,27H,11-13H2,1-3H3,(H,22,23,24,25). The van der Waals surface area contributed by atoms with Crippen molar-refractivity contribution >= 4 is 9.84 Å². The highest BCUT2D eigenvalue weighted by Crippen LogP contribution is 2.35. The molecular formula is C21H25N5O3S. The van der Waals surface area contributed by atoms with E-state index in [1.54, 1.807) is 12.1 Å². The molecule has 4 rings (SSSR count). The fourth-order valence-electron chi connectivity index (χ4n) is 3.78. The van der Waals surface area contributed by atoms with Gasteiger partial charge in [0.15, 0.2) is 15.7 Å². The molecule has 1 aromatic heterocycles. The van der Waals surface area contributed by atoms with Crippen molar-refractivity contribution in [1.82, 2.24) is 25.5 Å². The Labute approximate surface area is 175 Å². The normalized spacial score (nSPS) is 15.9. The largest absolute Gasteiger partial charge is 0.390 e. The third kappa shape index (κ3) is 4.14. The van der Waals surface area contributed by atoms with Gasteiger partial charge in [-0.3, -0.25) is 4.90 Å². The van der Waals surface area contributed by atoms with Crippen LogP contribution < -0.4 is 0 Å². The number of aromatic amines is 1. The molecule has 2 heterocycles. The van der Waals surface area contributed by atoms with E-state index in [9.17, 15) is 13.5 Å². The molecule has 158 valence electrons. The Bertz CT molecular complexity index is 1130. The van der Waals surface area contributed by atoms with E-state index in [-0.39, 0.29) is 4.90 Å². The zero-order valence-corrected chi connectivity index (χ0v) is 18.0. The maximum absolute atomic E-state index is 12.3. The van der Waals surface area contributed by atoms with Crippen LogP contribution in [0.15, 0.2) is 47.4 Å². The second-order valence-electron chi connectivity index (χ2n) is 8.44. The summed E-state index contributed by atoms with van der Waals surface area (Å²) in [7, 11) is -3.47. The fraction of sp³-hybridized carbons (Fsp3) is 0.381. The molecule has 1 saturated heterocycles. The average molecular weight is 428 g/mol. The molecule has 9 heteroatoms. The number of nitrogens with zero attached hydrogens (tertiary/aromatic N) is 4. The van der Waals surface area contributed by atoms with E-state index in [4.69, 9.17) is 0 Å². The van der Waals surface area contributed by atoms with Gasteiger partial charge in [0.05, 0.1) is 10.5 Å². The van der Waals surface area contributed by atoms with Crippen molar-refractivity contribution in [1.29, 1.82) is 0 Å². The highest BCUT2D eigenvalue weighted by Gasteiger charge is 2.37. The molecule has 0 bridgehead atoms. The number of hydrogen-bond donors (Lipinski definition) is 2. The van der Waals surface area contributed by atoms with Crippen molar-refractivity contribution in [2.24, 2.45) is 5.92 Å². The van der Waals surface area contributed by atoms with Crippen LogP contribution >= 0.6 is 0 Å². The van der Waals surface area contributed by atoms with Crippen LogP contribution in [0, 0.1) is 5.92 Å². The van der Waals surface area contributed by atoms with Gasteiger partial charge in [0.25, 0.3) is 0 Å². The molecule has 0 aliphatic carbocycles. The van der Waals surface area contributed by atoms with E-state index >= 15 is 0 Å². The molecule has 8 nitrogen and oxygen atoms in total. The van der Waals surface area contributed by atoms with E-state index in [0.717, 1.165) is 36.3 Å². The molecule has 2 N–H and O–H groups in total. The van der Waals surface area contributed by atoms with E-state index in [1.165, 1.54) is 6.26 Å². The van der Waals surface area contributed by atoms with Crippen LogP contribution in [0.4, 0.5) is 0 Å². The lowest BCUT2D eigenvalue weighted by Gasteiger charge is -2.45. The van der Waals surface area contributed by atoms with Gasteiger partial charge in [0.2, 0.25) is 0 Å². The third-order valence-electron chi connectivity index (χ3n) is 5.64. The molecule has 1 aliphatic rings. The van der Waals surface area contributed by atoms with Crippen molar-refractivity contribution in [3.05, 3.63) is 48.0 Å². The lowest BCUT2D eigenvalue weighted by molar-refractivity contribution is -0.0647. The van der Waals surface area contributed by atoms with E-state index < -0.39 is 15.4 Å². The predicted molar refractivity (Wildman–Crippen MR) is 113 cm³/mol. The molecule has 0 unspecified atom stereocenters. The van der Waals surface area contributed by atoms with Crippen molar-refractivity contribution in [2.75, 3.05) is 19.3 Å². The van der Waals surface area contributed by atoms with Crippen molar-refractivity contribution in [3.8, 4) is 22.5 Å². The fourth-order valence-corrected chi connectivity index (χ4v) is 4.69. The molecule has 1 aliphatic heterocycles. The molecule has 0 radical (unpaired) electrons. The third-order valence-corrected chi connectivity index (χ3v) is 6.77. The van der Waals surface area contributed by atoms with Gasteiger partial charge in [-0.15, -0.1) is 5.10 Å². The van der Waals surface area contributed by atoms with Gasteiger partial charge >= 0.3 is 0 Å². The summed E-state index contributed by atoms with van der Waals surface area (Å²) in [6, 6.07) is 13.2. The van der Waals surface area contributed by atoms with Crippen LogP contribution in [-0.2, 0) is 16.4 Å². The van der Waals surface area contributed by atoms with Crippen LogP contribution in [0.5, 0.6) is 0 Å². The molecular weight excluding hydrogens is 402 g/mol. The van der Waals surface area contributed by atoms with Gasteiger partial charge in [0, 0.05) is 37.4 Å². The lowest BCUT2D eigenvalue weighted by atomic mass is 9.84. The zero-order chi connectivity index (χ0) is 21.5. The maximum Gasteiger partial charge on any atom is 0.181 e. The SMILES string of the molecule is CC(C)(O)C1CN(Cc2ccc(-c3cccc(S(C)(=O)=O)c3-c3nnn[nH]3)cc2)C1. The Kier molecular flexibility index (Phi) is 5.21. The van der Waals surface area contributed by atoms with Crippen LogP contribution in [-0.4, -0.2) is 64.0 Å². The summed E-state index contributed by atoms with van der Waals surface area (Å²) in [5, 5.41) is 23.9. The summed E-state index contributed by atoms with van der Waals surface area (Å²) in [6.45, 7) is 6.29. The highest BCUT2D eigenvalue weighted by atomic mass is 32.2. The predicted octanol–water partition coefficient (Wildman–Crippen LogP) is 2.14. The van der Waals surface area contributed by atoms with Gasteiger partial charge in [-0.05, 0) is 47.0 Å². The maximum atomic E-state index is 12.3. The molecule has 3 aromatic rings.